The van der Waals surface area contributed by atoms with Crippen LogP contribution in [0.3, 0.4) is 0 Å². The summed E-state index contributed by atoms with van der Waals surface area (Å²) in [5.41, 5.74) is 14.5. The molecule has 0 aliphatic rings. The molecule has 2 heteroatoms. The molecule has 0 saturated heterocycles. The lowest BCUT2D eigenvalue weighted by molar-refractivity contribution is 0.350. The van der Waals surface area contributed by atoms with E-state index in [1.165, 1.54) is 0 Å². The maximum absolute atomic E-state index is 6.47. The molecule has 106 valence electrons. The molecular formula is C18H24N2. The first-order chi connectivity index (χ1) is 9.42. The van der Waals surface area contributed by atoms with Gasteiger partial charge in [-0.05, 0) is 37.8 Å². The van der Waals surface area contributed by atoms with E-state index in [0.717, 1.165) is 24.0 Å². The Morgan fingerprint density at radius 1 is 0.650 bits per heavy atom. The van der Waals surface area contributed by atoms with E-state index in [-0.39, 0.29) is 11.1 Å². The quantitative estimate of drug-likeness (QED) is 0.871. The fraction of sp³-hybridized carbons (Fsp3) is 0.333. The van der Waals surface area contributed by atoms with Crippen LogP contribution in [0.15, 0.2) is 60.7 Å². The average Bonchev–Trinajstić information content (AvgIpc) is 2.47. The molecule has 0 amide bonds. The topological polar surface area (TPSA) is 52.0 Å². The van der Waals surface area contributed by atoms with Crippen molar-refractivity contribution in [3.63, 3.8) is 0 Å². The van der Waals surface area contributed by atoms with Crippen molar-refractivity contribution >= 4 is 0 Å². The Hall–Kier alpha value is -1.64. The van der Waals surface area contributed by atoms with E-state index in [0.29, 0.717) is 0 Å². The maximum atomic E-state index is 6.47. The number of benzene rings is 2. The molecule has 0 spiro atoms. The molecule has 0 bridgehead atoms. The van der Waals surface area contributed by atoms with Gasteiger partial charge in [-0.2, -0.15) is 0 Å². The third-order valence-electron chi connectivity index (χ3n) is 4.03. The monoisotopic (exact) mass is 268 g/mol. The zero-order valence-corrected chi connectivity index (χ0v) is 12.3. The van der Waals surface area contributed by atoms with Crippen molar-refractivity contribution < 1.29 is 0 Å². The summed E-state index contributed by atoms with van der Waals surface area (Å²) in [5.74, 6) is 0. The largest absolute Gasteiger partial charge is 0.322 e. The van der Waals surface area contributed by atoms with Crippen LogP contribution in [-0.2, 0) is 11.1 Å². The fourth-order valence-corrected chi connectivity index (χ4v) is 2.45. The highest BCUT2D eigenvalue weighted by Crippen LogP contribution is 2.30. The average molecular weight is 268 g/mol. The van der Waals surface area contributed by atoms with Crippen molar-refractivity contribution in [2.45, 2.75) is 37.8 Å². The van der Waals surface area contributed by atoms with Gasteiger partial charge in [0.05, 0.1) is 0 Å². The summed E-state index contributed by atoms with van der Waals surface area (Å²) in [4.78, 5) is 0. The van der Waals surface area contributed by atoms with E-state index in [9.17, 15) is 0 Å². The molecule has 0 radical (unpaired) electrons. The lowest BCUT2D eigenvalue weighted by Crippen LogP contribution is -2.39. The lowest BCUT2D eigenvalue weighted by Gasteiger charge is -2.32. The Kier molecular flexibility index (Phi) is 4.26. The third-order valence-corrected chi connectivity index (χ3v) is 4.03. The summed E-state index contributed by atoms with van der Waals surface area (Å²) in [7, 11) is 0. The molecule has 2 aromatic carbocycles. The second kappa shape index (κ2) is 5.78. The smallest absolute Gasteiger partial charge is 0.0381 e. The van der Waals surface area contributed by atoms with Crippen LogP contribution in [0.5, 0.6) is 0 Å². The predicted octanol–water partition coefficient (Wildman–Crippen LogP) is 3.51. The second-order valence-corrected chi connectivity index (χ2v) is 6.07. The SMILES string of the molecule is CC(N)(CCC(C)(N)c1ccccc1)c1ccccc1. The molecule has 2 nitrogen and oxygen atoms in total. The molecule has 2 rings (SSSR count). The molecule has 0 aromatic heterocycles. The predicted molar refractivity (Wildman–Crippen MR) is 85.2 cm³/mol. The molecule has 2 aromatic rings. The highest BCUT2D eigenvalue weighted by molar-refractivity contribution is 5.25. The van der Waals surface area contributed by atoms with Crippen molar-refractivity contribution in [1.82, 2.24) is 0 Å². The van der Waals surface area contributed by atoms with Crippen LogP contribution in [0.25, 0.3) is 0 Å². The Morgan fingerprint density at radius 3 is 1.25 bits per heavy atom. The van der Waals surface area contributed by atoms with E-state index >= 15 is 0 Å². The highest BCUT2D eigenvalue weighted by Gasteiger charge is 2.27. The molecule has 20 heavy (non-hydrogen) atoms. The number of hydrogen-bond donors (Lipinski definition) is 2. The summed E-state index contributed by atoms with van der Waals surface area (Å²) in [6.45, 7) is 4.15. The zero-order chi connectivity index (χ0) is 14.6. The Bertz CT molecular complexity index is 478. The molecule has 0 heterocycles. The van der Waals surface area contributed by atoms with E-state index < -0.39 is 0 Å². The number of rotatable bonds is 5. The third kappa shape index (κ3) is 3.47. The van der Waals surface area contributed by atoms with Gasteiger partial charge in [-0.15, -0.1) is 0 Å². The number of nitrogens with two attached hydrogens (primary N) is 2. The van der Waals surface area contributed by atoms with Gasteiger partial charge >= 0.3 is 0 Å². The lowest BCUT2D eigenvalue weighted by atomic mass is 9.81. The first-order valence-electron chi connectivity index (χ1n) is 7.11. The van der Waals surface area contributed by atoms with Crippen LogP contribution in [0.2, 0.25) is 0 Å². The molecule has 4 N–H and O–H groups in total. The molecular weight excluding hydrogens is 244 g/mol. The minimum Gasteiger partial charge on any atom is -0.322 e. The van der Waals surface area contributed by atoms with Crippen molar-refractivity contribution in [2.75, 3.05) is 0 Å². The normalized spacial score (nSPS) is 17.2. The molecule has 2 unspecified atom stereocenters. The first-order valence-corrected chi connectivity index (χ1v) is 7.11. The van der Waals surface area contributed by atoms with Gasteiger partial charge in [-0.25, -0.2) is 0 Å². The molecule has 0 saturated carbocycles. The van der Waals surface area contributed by atoms with Gasteiger partial charge in [-0.3, -0.25) is 0 Å². The van der Waals surface area contributed by atoms with E-state index in [4.69, 9.17) is 11.5 Å². The van der Waals surface area contributed by atoms with Crippen molar-refractivity contribution in [2.24, 2.45) is 11.5 Å². The molecule has 0 aliphatic carbocycles. The fourth-order valence-electron chi connectivity index (χ4n) is 2.45. The van der Waals surface area contributed by atoms with Gasteiger partial charge in [0.1, 0.15) is 0 Å². The second-order valence-electron chi connectivity index (χ2n) is 6.07. The summed E-state index contributed by atoms with van der Waals surface area (Å²) in [6.07, 6.45) is 1.69. The van der Waals surface area contributed by atoms with Crippen LogP contribution >= 0.6 is 0 Å². The van der Waals surface area contributed by atoms with Crippen molar-refractivity contribution in [3.05, 3.63) is 71.8 Å². The van der Waals surface area contributed by atoms with Gasteiger partial charge in [0, 0.05) is 11.1 Å². The summed E-state index contributed by atoms with van der Waals surface area (Å²) in [6, 6.07) is 20.4. The number of hydrogen-bond acceptors (Lipinski definition) is 2. The van der Waals surface area contributed by atoms with Gasteiger partial charge in [0.25, 0.3) is 0 Å². The van der Waals surface area contributed by atoms with Crippen LogP contribution in [0.1, 0.15) is 37.8 Å². The standard InChI is InChI=1S/C18H24N2/c1-17(19,15-9-5-3-6-10-15)13-14-18(2,20)16-11-7-4-8-12-16/h3-12H,13-14,19-20H2,1-2H3. The molecule has 0 fully saturated rings. The van der Waals surface area contributed by atoms with Gasteiger partial charge < -0.3 is 11.5 Å². The summed E-state index contributed by atoms with van der Waals surface area (Å²) >= 11 is 0. The van der Waals surface area contributed by atoms with Crippen LogP contribution in [-0.4, -0.2) is 0 Å². The first kappa shape index (κ1) is 14.8. The summed E-state index contributed by atoms with van der Waals surface area (Å²) < 4.78 is 0. The van der Waals surface area contributed by atoms with Crippen molar-refractivity contribution in [3.8, 4) is 0 Å². The minimum atomic E-state index is -0.351. The zero-order valence-electron chi connectivity index (χ0n) is 12.3. The van der Waals surface area contributed by atoms with Crippen LogP contribution < -0.4 is 11.5 Å². The molecule has 0 aliphatic heterocycles. The van der Waals surface area contributed by atoms with E-state index in [1.54, 1.807) is 0 Å². The Labute approximate surface area is 121 Å². The van der Waals surface area contributed by atoms with Crippen molar-refractivity contribution in [1.29, 1.82) is 0 Å². The maximum Gasteiger partial charge on any atom is 0.0381 e. The van der Waals surface area contributed by atoms with Gasteiger partial charge in [0.15, 0.2) is 0 Å². The van der Waals surface area contributed by atoms with E-state index in [2.05, 4.69) is 38.1 Å². The van der Waals surface area contributed by atoms with E-state index in [1.807, 2.05) is 36.4 Å². The van der Waals surface area contributed by atoms with Crippen LogP contribution in [0, 0.1) is 0 Å². The van der Waals surface area contributed by atoms with Crippen LogP contribution in [0.4, 0.5) is 0 Å². The van der Waals surface area contributed by atoms with Gasteiger partial charge in [0.2, 0.25) is 0 Å². The highest BCUT2D eigenvalue weighted by atomic mass is 14.8. The molecule has 2 atom stereocenters. The van der Waals surface area contributed by atoms with Gasteiger partial charge in [-0.1, -0.05) is 60.7 Å². The Morgan fingerprint density at radius 2 is 0.950 bits per heavy atom. The summed E-state index contributed by atoms with van der Waals surface area (Å²) in [5, 5.41) is 0. The minimum absolute atomic E-state index is 0.351. The Balaban J connectivity index is 2.08.